The van der Waals surface area contributed by atoms with E-state index in [1.807, 2.05) is 13.8 Å². The summed E-state index contributed by atoms with van der Waals surface area (Å²) < 4.78 is 37.7. The van der Waals surface area contributed by atoms with E-state index in [0.717, 1.165) is 11.1 Å². The second-order valence-electron chi connectivity index (χ2n) is 6.11. The summed E-state index contributed by atoms with van der Waals surface area (Å²) in [6.07, 6.45) is -0.0990. The van der Waals surface area contributed by atoms with Crippen molar-refractivity contribution in [2.75, 3.05) is 12.8 Å². The summed E-state index contributed by atoms with van der Waals surface area (Å²) in [6, 6.07) is 12.2. The van der Waals surface area contributed by atoms with Crippen molar-refractivity contribution in [3.05, 3.63) is 65.5 Å². The quantitative estimate of drug-likeness (QED) is 0.789. The monoisotopic (exact) mass is 363 g/mol. The van der Waals surface area contributed by atoms with Crippen LogP contribution in [0.1, 0.15) is 30.5 Å². The minimum Gasteiger partial charge on any atom is -0.339 e. The van der Waals surface area contributed by atoms with Crippen molar-refractivity contribution >= 4 is 15.7 Å². The molecule has 2 aromatic carbocycles. The van der Waals surface area contributed by atoms with E-state index in [-0.39, 0.29) is 34.8 Å². The summed E-state index contributed by atoms with van der Waals surface area (Å²) in [7, 11) is -1.88. The normalized spacial score (nSPS) is 12.6. The molecule has 0 heterocycles. The molecule has 1 amide bonds. The molecule has 0 saturated heterocycles. The third-order valence-corrected chi connectivity index (χ3v) is 6.02. The molecule has 25 heavy (non-hydrogen) atoms. The first-order chi connectivity index (χ1) is 11.7. The number of nitrogens with zero attached hydrogens (tertiary/aromatic N) is 1. The number of benzene rings is 2. The molecular formula is C19H22FNO3S. The summed E-state index contributed by atoms with van der Waals surface area (Å²) in [6.45, 7) is 3.70. The average Bonchev–Trinajstić information content (AvgIpc) is 2.59. The van der Waals surface area contributed by atoms with Gasteiger partial charge < -0.3 is 4.90 Å². The van der Waals surface area contributed by atoms with Crippen molar-refractivity contribution in [3.63, 3.8) is 0 Å². The molecule has 0 aliphatic heterocycles. The Bertz CT molecular complexity index is 830. The predicted octanol–water partition coefficient (Wildman–Crippen LogP) is 3.52. The lowest BCUT2D eigenvalue weighted by Crippen LogP contribution is -2.31. The molecule has 0 bridgehead atoms. The first kappa shape index (κ1) is 19.1. The first-order valence-corrected chi connectivity index (χ1v) is 9.66. The van der Waals surface area contributed by atoms with E-state index in [2.05, 4.69) is 0 Å². The topological polar surface area (TPSA) is 54.5 Å². The lowest BCUT2D eigenvalue weighted by Gasteiger charge is -2.25. The fourth-order valence-electron chi connectivity index (χ4n) is 2.44. The molecule has 2 aromatic rings. The number of amides is 1. The molecule has 0 N–H and O–H groups in total. The molecule has 0 saturated carbocycles. The van der Waals surface area contributed by atoms with Gasteiger partial charge in [0.15, 0.2) is 9.84 Å². The molecule has 0 radical (unpaired) electrons. The molecule has 0 fully saturated rings. The summed E-state index contributed by atoms with van der Waals surface area (Å²) in [5.41, 5.74) is 1.77. The van der Waals surface area contributed by atoms with Gasteiger partial charge in [0.2, 0.25) is 5.91 Å². The highest BCUT2D eigenvalue weighted by Crippen LogP contribution is 2.20. The summed E-state index contributed by atoms with van der Waals surface area (Å²) in [5, 5.41) is 0. The highest BCUT2D eigenvalue weighted by molar-refractivity contribution is 7.91. The van der Waals surface area contributed by atoms with Crippen molar-refractivity contribution in [2.45, 2.75) is 31.2 Å². The van der Waals surface area contributed by atoms with Gasteiger partial charge >= 0.3 is 0 Å². The fraction of sp³-hybridized carbons (Fsp3) is 0.316. The lowest BCUT2D eigenvalue weighted by atomic mass is 10.1. The van der Waals surface area contributed by atoms with Gasteiger partial charge in [0.1, 0.15) is 5.82 Å². The summed E-state index contributed by atoms with van der Waals surface area (Å²) >= 11 is 0. The SMILES string of the molecule is Cc1ccc(S(=O)(=O)CCC(=O)N(C)C(C)c2ccc(F)cc2)cc1. The number of hydrogen-bond acceptors (Lipinski definition) is 3. The van der Waals surface area contributed by atoms with Crippen LogP contribution in [0.4, 0.5) is 4.39 Å². The second-order valence-corrected chi connectivity index (χ2v) is 8.22. The van der Waals surface area contributed by atoms with Crippen LogP contribution in [0.3, 0.4) is 0 Å². The Labute approximate surface area is 148 Å². The van der Waals surface area contributed by atoms with Gasteiger partial charge in [0.05, 0.1) is 16.7 Å². The van der Waals surface area contributed by atoms with Gasteiger partial charge in [-0.1, -0.05) is 29.8 Å². The van der Waals surface area contributed by atoms with Gasteiger partial charge in [0, 0.05) is 13.5 Å². The molecule has 1 unspecified atom stereocenters. The van der Waals surface area contributed by atoms with Gasteiger partial charge in [0.25, 0.3) is 0 Å². The Hall–Kier alpha value is -2.21. The highest BCUT2D eigenvalue weighted by atomic mass is 32.2. The van der Waals surface area contributed by atoms with Crippen LogP contribution in [0.2, 0.25) is 0 Å². The summed E-state index contributed by atoms with van der Waals surface area (Å²) in [4.78, 5) is 14.1. The number of carbonyl (C=O) groups excluding carboxylic acids is 1. The van der Waals surface area contributed by atoms with Gasteiger partial charge in [-0.15, -0.1) is 0 Å². The Balaban J connectivity index is 2.01. The van der Waals surface area contributed by atoms with Crippen molar-refractivity contribution < 1.29 is 17.6 Å². The molecule has 1 atom stereocenters. The molecule has 0 aromatic heterocycles. The van der Waals surface area contributed by atoms with Crippen LogP contribution < -0.4 is 0 Å². The zero-order valence-electron chi connectivity index (χ0n) is 14.6. The van der Waals surface area contributed by atoms with Crippen molar-refractivity contribution in [2.24, 2.45) is 0 Å². The van der Waals surface area contributed by atoms with E-state index >= 15 is 0 Å². The first-order valence-electron chi connectivity index (χ1n) is 8.01. The van der Waals surface area contributed by atoms with E-state index in [9.17, 15) is 17.6 Å². The Morgan fingerprint density at radius 1 is 1.08 bits per heavy atom. The zero-order valence-corrected chi connectivity index (χ0v) is 15.4. The van der Waals surface area contributed by atoms with Crippen LogP contribution in [0.25, 0.3) is 0 Å². The fourth-order valence-corrected chi connectivity index (χ4v) is 3.67. The maximum Gasteiger partial charge on any atom is 0.223 e. The number of rotatable bonds is 6. The number of halogens is 1. The molecule has 6 heteroatoms. The third kappa shape index (κ3) is 4.89. The molecule has 134 valence electrons. The highest BCUT2D eigenvalue weighted by Gasteiger charge is 2.21. The largest absolute Gasteiger partial charge is 0.339 e. The average molecular weight is 363 g/mol. The lowest BCUT2D eigenvalue weighted by molar-refractivity contribution is -0.131. The molecular weight excluding hydrogens is 341 g/mol. The summed E-state index contributed by atoms with van der Waals surface area (Å²) in [5.74, 6) is -0.850. The van der Waals surface area contributed by atoms with Gasteiger partial charge in [-0.2, -0.15) is 0 Å². The predicted molar refractivity (Wildman–Crippen MR) is 95.4 cm³/mol. The van der Waals surface area contributed by atoms with Crippen LogP contribution in [0, 0.1) is 12.7 Å². The Kier molecular flexibility index (Phi) is 5.95. The molecule has 0 aliphatic rings. The van der Waals surface area contributed by atoms with Gasteiger partial charge in [-0.3, -0.25) is 4.79 Å². The van der Waals surface area contributed by atoms with Crippen molar-refractivity contribution in [1.82, 2.24) is 4.90 Å². The maximum atomic E-state index is 13.0. The van der Waals surface area contributed by atoms with Crippen LogP contribution in [0.15, 0.2) is 53.4 Å². The van der Waals surface area contributed by atoms with Gasteiger partial charge in [-0.05, 0) is 43.7 Å². The van der Waals surface area contributed by atoms with E-state index in [4.69, 9.17) is 0 Å². The third-order valence-electron chi connectivity index (χ3n) is 4.29. The van der Waals surface area contributed by atoms with Crippen LogP contribution in [0.5, 0.6) is 0 Å². The number of sulfone groups is 1. The molecule has 0 spiro atoms. The number of hydrogen-bond donors (Lipinski definition) is 0. The molecule has 0 aliphatic carbocycles. The van der Waals surface area contributed by atoms with E-state index < -0.39 is 9.84 Å². The standard InChI is InChI=1S/C19H22FNO3S/c1-14-4-10-18(11-5-14)25(23,24)13-12-19(22)21(3)15(2)16-6-8-17(20)9-7-16/h4-11,15H,12-13H2,1-3H3. The molecule has 2 rings (SSSR count). The van der Waals surface area contributed by atoms with Crippen molar-refractivity contribution in [3.8, 4) is 0 Å². The minimum atomic E-state index is -3.50. The van der Waals surface area contributed by atoms with E-state index in [1.165, 1.54) is 17.0 Å². The van der Waals surface area contributed by atoms with Crippen LogP contribution in [-0.2, 0) is 14.6 Å². The van der Waals surface area contributed by atoms with Crippen molar-refractivity contribution in [1.29, 1.82) is 0 Å². The Morgan fingerprint density at radius 3 is 2.20 bits per heavy atom. The molecule has 4 nitrogen and oxygen atoms in total. The van der Waals surface area contributed by atoms with Crippen LogP contribution in [-0.4, -0.2) is 32.0 Å². The van der Waals surface area contributed by atoms with Gasteiger partial charge in [-0.25, -0.2) is 12.8 Å². The minimum absolute atomic E-state index is 0.0990. The smallest absolute Gasteiger partial charge is 0.223 e. The number of aryl methyl sites for hydroxylation is 1. The number of carbonyl (C=O) groups is 1. The second kappa shape index (κ2) is 7.78. The Morgan fingerprint density at radius 2 is 1.64 bits per heavy atom. The van der Waals surface area contributed by atoms with E-state index in [1.54, 1.807) is 43.4 Å². The van der Waals surface area contributed by atoms with Crippen LogP contribution >= 0.6 is 0 Å². The maximum absolute atomic E-state index is 13.0. The zero-order chi connectivity index (χ0) is 18.6. The van der Waals surface area contributed by atoms with E-state index in [0.29, 0.717) is 0 Å².